The van der Waals surface area contributed by atoms with E-state index in [1.165, 1.54) is 0 Å². The summed E-state index contributed by atoms with van der Waals surface area (Å²) in [4.78, 5) is 8.46. The molecule has 128 valence electrons. The number of aliphatic imine (C=N–C) groups is 1. The zero-order valence-electron chi connectivity index (χ0n) is 13.5. The molecule has 0 spiro atoms. The molecule has 2 heterocycles. The van der Waals surface area contributed by atoms with Gasteiger partial charge < -0.3 is 19.1 Å². The van der Waals surface area contributed by atoms with Crippen LogP contribution in [0.5, 0.6) is 11.5 Å². The monoisotopic (exact) mass is 347 g/mol. The van der Waals surface area contributed by atoms with Crippen LogP contribution in [0, 0.1) is 5.92 Å². The molecule has 7 heteroatoms. The molecule has 2 unspecified atom stereocenters. The van der Waals surface area contributed by atoms with E-state index in [9.17, 15) is 5.11 Å². The molecule has 0 bridgehead atoms. The second-order valence-corrected chi connectivity index (χ2v) is 6.63. The van der Waals surface area contributed by atoms with E-state index >= 15 is 0 Å². The Hall–Kier alpha value is -1.99. The highest BCUT2D eigenvalue weighted by Gasteiger charge is 2.27. The Morgan fingerprint density at radius 2 is 2.08 bits per heavy atom. The number of imidazole rings is 1. The summed E-state index contributed by atoms with van der Waals surface area (Å²) in [5.74, 6) is 2.36. The van der Waals surface area contributed by atoms with E-state index in [1.807, 2.05) is 35.0 Å². The largest absolute Gasteiger partial charge is 0.497 e. The summed E-state index contributed by atoms with van der Waals surface area (Å²) >= 11 is 1.62. The zero-order chi connectivity index (χ0) is 16.8. The first-order valence-corrected chi connectivity index (χ1v) is 8.82. The number of ether oxygens (including phenoxy) is 2. The maximum Gasteiger partial charge on any atom is 0.119 e. The number of aromatic nitrogens is 2. The predicted molar refractivity (Wildman–Crippen MR) is 95.0 cm³/mol. The van der Waals surface area contributed by atoms with Gasteiger partial charge in [0.05, 0.1) is 25.1 Å². The molecule has 1 aromatic carbocycles. The van der Waals surface area contributed by atoms with Crippen molar-refractivity contribution in [3.63, 3.8) is 0 Å². The van der Waals surface area contributed by atoms with Crippen LogP contribution in [-0.4, -0.2) is 51.8 Å². The lowest BCUT2D eigenvalue weighted by molar-refractivity contribution is 0.113. The van der Waals surface area contributed by atoms with Crippen molar-refractivity contribution in [2.45, 2.75) is 12.6 Å². The molecule has 2 aromatic rings. The number of methoxy groups -OCH3 is 1. The molecule has 1 N–H and O–H groups in total. The summed E-state index contributed by atoms with van der Waals surface area (Å²) in [5, 5.41) is 11.5. The number of aliphatic hydroxyl groups excluding tert-OH is 1. The molecule has 0 aliphatic carbocycles. The second kappa shape index (κ2) is 8.21. The Labute approximate surface area is 145 Å². The zero-order valence-corrected chi connectivity index (χ0v) is 14.4. The summed E-state index contributed by atoms with van der Waals surface area (Å²) in [6.07, 6.45) is 4.74. The topological polar surface area (TPSA) is 68.9 Å². The van der Waals surface area contributed by atoms with Gasteiger partial charge in [0.1, 0.15) is 17.6 Å². The van der Waals surface area contributed by atoms with Gasteiger partial charge in [-0.2, -0.15) is 0 Å². The standard InChI is InChI=1S/C17H21N3O3S/c1-22-14-2-4-15(5-3-14)23-11-13(10-20-8-6-18-12-20)16(21)17-19-7-9-24-17/h2-6,8,12-13,16,21H,7,9-11H2,1H3. The first kappa shape index (κ1) is 16.9. The third-order valence-corrected chi connectivity index (χ3v) is 4.89. The summed E-state index contributed by atoms with van der Waals surface area (Å²) in [6.45, 7) is 1.79. The Kier molecular flexibility index (Phi) is 5.77. The smallest absolute Gasteiger partial charge is 0.119 e. The average molecular weight is 347 g/mol. The van der Waals surface area contributed by atoms with Crippen molar-refractivity contribution in [1.29, 1.82) is 0 Å². The van der Waals surface area contributed by atoms with Crippen LogP contribution in [-0.2, 0) is 6.54 Å². The summed E-state index contributed by atoms with van der Waals surface area (Å²) in [5.41, 5.74) is 0. The normalized spacial score (nSPS) is 16.5. The molecule has 0 saturated heterocycles. The number of rotatable bonds is 8. The third-order valence-electron chi connectivity index (χ3n) is 3.84. The van der Waals surface area contributed by atoms with Crippen molar-refractivity contribution in [2.24, 2.45) is 10.9 Å². The Balaban J connectivity index is 1.66. The highest BCUT2D eigenvalue weighted by molar-refractivity contribution is 8.14. The number of thioether (sulfide) groups is 1. The van der Waals surface area contributed by atoms with Gasteiger partial charge in [0, 0.05) is 37.2 Å². The molecule has 1 aliphatic heterocycles. The Morgan fingerprint density at radius 1 is 1.29 bits per heavy atom. The Bertz CT molecular complexity index is 658. The highest BCUT2D eigenvalue weighted by Crippen LogP contribution is 2.23. The Morgan fingerprint density at radius 3 is 2.71 bits per heavy atom. The fraction of sp³-hybridized carbons (Fsp3) is 0.412. The SMILES string of the molecule is COc1ccc(OCC(Cn2ccnc2)C(O)C2=NCCS2)cc1. The van der Waals surface area contributed by atoms with E-state index in [-0.39, 0.29) is 5.92 Å². The lowest BCUT2D eigenvalue weighted by atomic mass is 10.0. The van der Waals surface area contributed by atoms with E-state index < -0.39 is 6.10 Å². The van der Waals surface area contributed by atoms with Gasteiger partial charge in [0.2, 0.25) is 0 Å². The van der Waals surface area contributed by atoms with Gasteiger partial charge in [-0.25, -0.2) is 4.98 Å². The van der Waals surface area contributed by atoms with Gasteiger partial charge >= 0.3 is 0 Å². The van der Waals surface area contributed by atoms with Gasteiger partial charge in [-0.3, -0.25) is 4.99 Å². The second-order valence-electron chi connectivity index (χ2n) is 5.52. The minimum Gasteiger partial charge on any atom is -0.497 e. The molecule has 0 fully saturated rings. The molecule has 2 atom stereocenters. The predicted octanol–water partition coefficient (Wildman–Crippen LogP) is 2.09. The summed E-state index contributed by atoms with van der Waals surface area (Å²) in [7, 11) is 1.63. The number of aliphatic hydroxyl groups is 1. The van der Waals surface area contributed by atoms with Gasteiger partial charge in [0.15, 0.2) is 0 Å². The minimum atomic E-state index is -0.627. The van der Waals surface area contributed by atoms with Crippen molar-refractivity contribution < 1.29 is 14.6 Å². The van der Waals surface area contributed by atoms with Crippen molar-refractivity contribution >= 4 is 16.8 Å². The number of benzene rings is 1. The minimum absolute atomic E-state index is 0.106. The van der Waals surface area contributed by atoms with Crippen LogP contribution < -0.4 is 9.47 Å². The van der Waals surface area contributed by atoms with Crippen LogP contribution in [0.4, 0.5) is 0 Å². The van der Waals surface area contributed by atoms with Crippen molar-refractivity contribution in [3.8, 4) is 11.5 Å². The molecule has 1 aromatic heterocycles. The van der Waals surface area contributed by atoms with Gasteiger partial charge in [0.25, 0.3) is 0 Å². The van der Waals surface area contributed by atoms with Gasteiger partial charge in [-0.1, -0.05) is 0 Å². The fourth-order valence-corrected chi connectivity index (χ4v) is 3.45. The van der Waals surface area contributed by atoms with Gasteiger partial charge in [-0.15, -0.1) is 11.8 Å². The average Bonchev–Trinajstić information content (AvgIpc) is 3.32. The van der Waals surface area contributed by atoms with Crippen LogP contribution in [0.25, 0.3) is 0 Å². The van der Waals surface area contributed by atoms with Crippen molar-refractivity contribution in [3.05, 3.63) is 43.0 Å². The van der Waals surface area contributed by atoms with Crippen LogP contribution in [0.15, 0.2) is 48.0 Å². The lowest BCUT2D eigenvalue weighted by Gasteiger charge is -2.23. The molecular weight excluding hydrogens is 326 g/mol. The number of hydrogen-bond acceptors (Lipinski definition) is 6. The molecule has 0 radical (unpaired) electrons. The molecule has 0 saturated carbocycles. The van der Waals surface area contributed by atoms with Gasteiger partial charge in [-0.05, 0) is 24.3 Å². The fourth-order valence-electron chi connectivity index (χ4n) is 2.52. The van der Waals surface area contributed by atoms with Crippen LogP contribution in [0.1, 0.15) is 0 Å². The van der Waals surface area contributed by atoms with Crippen molar-refractivity contribution in [1.82, 2.24) is 9.55 Å². The maximum absolute atomic E-state index is 10.7. The van der Waals surface area contributed by atoms with Crippen LogP contribution >= 0.6 is 11.8 Å². The van der Waals surface area contributed by atoms with Crippen LogP contribution in [0.3, 0.4) is 0 Å². The molecule has 3 rings (SSSR count). The number of nitrogens with zero attached hydrogens (tertiary/aromatic N) is 3. The quantitative estimate of drug-likeness (QED) is 0.792. The van der Waals surface area contributed by atoms with Crippen molar-refractivity contribution in [2.75, 3.05) is 26.0 Å². The summed E-state index contributed by atoms with van der Waals surface area (Å²) in [6, 6.07) is 7.43. The molecule has 1 aliphatic rings. The molecular formula is C17H21N3O3S. The first-order chi connectivity index (χ1) is 11.8. The maximum atomic E-state index is 10.7. The first-order valence-electron chi connectivity index (χ1n) is 7.84. The highest BCUT2D eigenvalue weighted by atomic mass is 32.2. The molecule has 6 nitrogen and oxygen atoms in total. The van der Waals surface area contributed by atoms with E-state index in [2.05, 4.69) is 9.98 Å². The molecule has 0 amide bonds. The van der Waals surface area contributed by atoms with E-state index in [1.54, 1.807) is 31.4 Å². The summed E-state index contributed by atoms with van der Waals surface area (Å²) < 4.78 is 13.0. The lowest BCUT2D eigenvalue weighted by Crippen LogP contribution is -2.34. The van der Waals surface area contributed by atoms with E-state index in [4.69, 9.17) is 9.47 Å². The number of hydrogen-bond donors (Lipinski definition) is 1. The van der Waals surface area contributed by atoms with E-state index in [0.29, 0.717) is 13.2 Å². The third kappa shape index (κ3) is 4.30. The van der Waals surface area contributed by atoms with Crippen LogP contribution in [0.2, 0.25) is 0 Å². The van der Waals surface area contributed by atoms with E-state index in [0.717, 1.165) is 28.8 Å². The molecule has 24 heavy (non-hydrogen) atoms.